The first kappa shape index (κ1) is 10.3. The molecule has 0 atom stereocenters. The van der Waals surface area contributed by atoms with E-state index >= 15 is 0 Å². The zero-order valence-corrected chi connectivity index (χ0v) is 8.62. The van der Waals surface area contributed by atoms with Crippen molar-refractivity contribution in [2.45, 2.75) is 18.9 Å². The number of carbonyl (C=O) groups is 1. The van der Waals surface area contributed by atoms with Gasteiger partial charge < -0.3 is 10.4 Å². The van der Waals surface area contributed by atoms with E-state index in [1.165, 1.54) is 0 Å². The second-order valence-corrected chi connectivity index (χ2v) is 5.31. The van der Waals surface area contributed by atoms with Gasteiger partial charge in [0.25, 0.3) is 0 Å². The molecular formula is C8H10N2O4S. The number of aliphatic imine (C=N–C) groups is 1. The van der Waals surface area contributed by atoms with E-state index in [1.54, 1.807) is 0 Å². The van der Waals surface area contributed by atoms with Gasteiger partial charge in [-0.1, -0.05) is 0 Å². The Morgan fingerprint density at radius 2 is 2.27 bits per heavy atom. The third-order valence-corrected chi connectivity index (χ3v) is 3.60. The molecule has 2 aliphatic rings. The average Bonchev–Trinajstić information content (AvgIpc) is 2.88. The fourth-order valence-corrected chi connectivity index (χ4v) is 2.29. The summed E-state index contributed by atoms with van der Waals surface area (Å²) in [5, 5.41) is 12.2. The van der Waals surface area contributed by atoms with Crippen molar-refractivity contribution in [3.05, 3.63) is 11.1 Å². The predicted octanol–water partition coefficient (Wildman–Crippen LogP) is -0.509. The van der Waals surface area contributed by atoms with Crippen molar-refractivity contribution in [1.29, 1.82) is 0 Å². The van der Waals surface area contributed by atoms with Gasteiger partial charge in [-0.2, -0.15) is 0 Å². The predicted molar refractivity (Wildman–Crippen MR) is 53.1 cm³/mol. The molecule has 1 aliphatic heterocycles. The third-order valence-electron chi connectivity index (χ3n) is 2.18. The molecule has 0 spiro atoms. The molecular weight excluding hydrogens is 220 g/mol. The first-order chi connectivity index (χ1) is 6.99. The summed E-state index contributed by atoms with van der Waals surface area (Å²) in [6.07, 6.45) is 2.07. The molecule has 0 aromatic heterocycles. The van der Waals surface area contributed by atoms with Crippen LogP contribution in [0.25, 0.3) is 0 Å². The summed E-state index contributed by atoms with van der Waals surface area (Å²) in [5.41, 5.74) is -0.414. The molecule has 7 heteroatoms. The summed E-state index contributed by atoms with van der Waals surface area (Å²) in [5.74, 6) is -1.32. The summed E-state index contributed by atoms with van der Waals surface area (Å²) >= 11 is 0. The fraction of sp³-hybridized carbons (Fsp3) is 0.500. The minimum absolute atomic E-state index is 0.105. The van der Waals surface area contributed by atoms with Gasteiger partial charge in [0, 0.05) is 12.6 Å². The van der Waals surface area contributed by atoms with Crippen LogP contribution < -0.4 is 5.32 Å². The Hall–Kier alpha value is -1.21. The van der Waals surface area contributed by atoms with Gasteiger partial charge in [0.05, 0.1) is 5.41 Å². The van der Waals surface area contributed by atoms with Crippen LogP contribution in [-0.2, 0) is 14.6 Å². The van der Waals surface area contributed by atoms with Gasteiger partial charge in [0.15, 0.2) is 10.7 Å². The topological polar surface area (TPSA) is 95.8 Å². The van der Waals surface area contributed by atoms with Crippen LogP contribution in [0.5, 0.6) is 0 Å². The fourth-order valence-electron chi connectivity index (χ4n) is 1.20. The number of hydrogen-bond donors (Lipinski definition) is 2. The van der Waals surface area contributed by atoms with Gasteiger partial charge >= 0.3 is 5.97 Å². The molecule has 82 valence electrons. The molecule has 2 N–H and O–H groups in total. The Balaban J connectivity index is 2.11. The molecule has 0 bridgehead atoms. The van der Waals surface area contributed by atoms with Crippen molar-refractivity contribution in [2.24, 2.45) is 4.99 Å². The molecule has 0 amide bonds. The number of hydrogen-bond acceptors (Lipinski definition) is 5. The van der Waals surface area contributed by atoms with Crippen molar-refractivity contribution < 1.29 is 18.3 Å². The summed E-state index contributed by atoms with van der Waals surface area (Å²) in [6, 6.07) is 0.358. The Morgan fingerprint density at radius 3 is 2.73 bits per heavy atom. The number of carboxylic acids is 1. The van der Waals surface area contributed by atoms with Gasteiger partial charge in [-0.15, -0.1) is 0 Å². The standard InChI is InChI=1S/C8H10N2O4S/c11-8(12)6-4-15(13,14)7(10-6)3-9-5-1-2-5/h4-5,9H,1-3H2,(H,11,12). The number of carboxylic acid groups (broad SMARTS) is 1. The molecule has 1 heterocycles. The molecule has 0 aromatic carbocycles. The first-order valence-corrected chi connectivity index (χ1v) is 6.05. The van der Waals surface area contributed by atoms with E-state index in [0.29, 0.717) is 11.4 Å². The number of aliphatic carboxylic acids is 1. The van der Waals surface area contributed by atoms with E-state index in [9.17, 15) is 13.2 Å². The highest BCUT2D eigenvalue weighted by molar-refractivity contribution is 8.09. The van der Waals surface area contributed by atoms with E-state index in [1.807, 2.05) is 0 Å². The monoisotopic (exact) mass is 230 g/mol. The lowest BCUT2D eigenvalue weighted by Gasteiger charge is -2.00. The van der Waals surface area contributed by atoms with Crippen LogP contribution >= 0.6 is 0 Å². The van der Waals surface area contributed by atoms with E-state index in [2.05, 4.69) is 10.3 Å². The van der Waals surface area contributed by atoms with Crippen molar-refractivity contribution in [3.63, 3.8) is 0 Å². The molecule has 0 aromatic rings. The number of rotatable bonds is 4. The van der Waals surface area contributed by atoms with Crippen molar-refractivity contribution >= 4 is 20.9 Å². The second-order valence-electron chi connectivity index (χ2n) is 3.51. The average molecular weight is 230 g/mol. The summed E-state index contributed by atoms with van der Waals surface area (Å²) < 4.78 is 22.8. The zero-order chi connectivity index (χ0) is 11.1. The quantitative estimate of drug-likeness (QED) is 0.678. The van der Waals surface area contributed by atoms with E-state index in [-0.39, 0.29) is 11.6 Å². The Labute approximate surface area is 86.6 Å². The SMILES string of the molecule is O=C(O)C1=CS(=O)(=O)C(CNC2CC2)=N1. The molecule has 1 fully saturated rings. The largest absolute Gasteiger partial charge is 0.476 e. The normalized spacial score (nSPS) is 23.5. The maximum absolute atomic E-state index is 11.4. The van der Waals surface area contributed by atoms with E-state index in [0.717, 1.165) is 12.8 Å². The summed E-state index contributed by atoms with van der Waals surface area (Å²) in [4.78, 5) is 14.1. The van der Waals surface area contributed by atoms with Crippen LogP contribution in [0, 0.1) is 0 Å². The Kier molecular flexibility index (Phi) is 2.35. The smallest absolute Gasteiger partial charge is 0.355 e. The first-order valence-electron chi connectivity index (χ1n) is 4.50. The highest BCUT2D eigenvalue weighted by Gasteiger charge is 2.29. The zero-order valence-electron chi connectivity index (χ0n) is 7.80. The minimum atomic E-state index is -3.60. The van der Waals surface area contributed by atoms with Gasteiger partial charge in [-0.25, -0.2) is 18.2 Å². The van der Waals surface area contributed by atoms with Gasteiger partial charge in [0.2, 0.25) is 9.84 Å². The van der Waals surface area contributed by atoms with Crippen LogP contribution in [0.2, 0.25) is 0 Å². The lowest BCUT2D eigenvalue weighted by atomic mass is 10.5. The van der Waals surface area contributed by atoms with E-state index < -0.39 is 21.5 Å². The highest BCUT2D eigenvalue weighted by atomic mass is 32.2. The van der Waals surface area contributed by atoms with Crippen molar-refractivity contribution in [1.82, 2.24) is 5.32 Å². The number of nitrogens with zero attached hydrogens (tertiary/aromatic N) is 1. The molecule has 1 aliphatic carbocycles. The molecule has 1 saturated carbocycles. The van der Waals surface area contributed by atoms with Crippen molar-refractivity contribution in [2.75, 3.05) is 6.54 Å². The minimum Gasteiger partial charge on any atom is -0.476 e. The van der Waals surface area contributed by atoms with Crippen LogP contribution in [-0.4, -0.2) is 37.1 Å². The van der Waals surface area contributed by atoms with E-state index in [4.69, 9.17) is 5.11 Å². The van der Waals surface area contributed by atoms with Crippen molar-refractivity contribution in [3.8, 4) is 0 Å². The molecule has 0 saturated heterocycles. The lowest BCUT2D eigenvalue weighted by Crippen LogP contribution is -2.28. The highest BCUT2D eigenvalue weighted by Crippen LogP contribution is 2.20. The van der Waals surface area contributed by atoms with Gasteiger partial charge in [0.1, 0.15) is 0 Å². The third kappa shape index (κ3) is 2.24. The molecule has 6 nitrogen and oxygen atoms in total. The van der Waals surface area contributed by atoms with Crippen LogP contribution in [0.15, 0.2) is 16.1 Å². The molecule has 0 radical (unpaired) electrons. The van der Waals surface area contributed by atoms with Crippen LogP contribution in [0.4, 0.5) is 0 Å². The Morgan fingerprint density at radius 1 is 1.60 bits per heavy atom. The van der Waals surface area contributed by atoms with Crippen LogP contribution in [0.1, 0.15) is 12.8 Å². The number of sulfone groups is 1. The number of nitrogens with one attached hydrogen (secondary N) is 1. The molecule has 2 rings (SSSR count). The summed E-state index contributed by atoms with van der Waals surface area (Å²) in [7, 11) is -3.60. The van der Waals surface area contributed by atoms with Gasteiger partial charge in [-0.05, 0) is 12.8 Å². The maximum atomic E-state index is 11.4. The Bertz CT molecular complexity index is 459. The van der Waals surface area contributed by atoms with Gasteiger partial charge in [-0.3, -0.25) is 0 Å². The molecule has 15 heavy (non-hydrogen) atoms. The molecule has 0 unspecified atom stereocenters. The second kappa shape index (κ2) is 3.42. The maximum Gasteiger partial charge on any atom is 0.355 e. The lowest BCUT2D eigenvalue weighted by molar-refractivity contribution is -0.132. The van der Waals surface area contributed by atoms with Crippen LogP contribution in [0.3, 0.4) is 0 Å². The summed E-state index contributed by atoms with van der Waals surface area (Å²) in [6.45, 7) is 0.111.